The van der Waals surface area contributed by atoms with Gasteiger partial charge in [-0.15, -0.1) is 0 Å². The zero-order valence-electron chi connectivity index (χ0n) is 11.4. The number of sulfonamides is 1. The summed E-state index contributed by atoms with van der Waals surface area (Å²) in [6.07, 6.45) is 1.41. The molecule has 1 heterocycles. The van der Waals surface area contributed by atoms with Crippen molar-refractivity contribution in [2.45, 2.75) is 11.9 Å². The molecule has 0 fully saturated rings. The summed E-state index contributed by atoms with van der Waals surface area (Å²) < 4.78 is 27.3. The molecule has 0 unspecified atom stereocenters. The monoisotopic (exact) mass is 302 g/mol. The maximum absolute atomic E-state index is 12.4. The summed E-state index contributed by atoms with van der Waals surface area (Å²) in [4.78, 5) is 3.92. The van der Waals surface area contributed by atoms with Gasteiger partial charge in [0.1, 0.15) is 6.07 Å². The maximum atomic E-state index is 12.4. The van der Waals surface area contributed by atoms with Crippen LogP contribution < -0.4 is 10.0 Å². The molecule has 0 radical (unpaired) electrons. The number of nitrogens with zero attached hydrogens (tertiary/aromatic N) is 2. The summed E-state index contributed by atoms with van der Waals surface area (Å²) >= 11 is 0. The second-order valence-corrected chi connectivity index (χ2v) is 5.75. The molecule has 0 spiro atoms. The van der Waals surface area contributed by atoms with Gasteiger partial charge in [0.25, 0.3) is 10.0 Å². The van der Waals surface area contributed by atoms with Crippen LogP contribution in [0.25, 0.3) is 0 Å². The van der Waals surface area contributed by atoms with Crippen molar-refractivity contribution in [3.05, 3.63) is 48.2 Å². The predicted molar refractivity (Wildman–Crippen MR) is 80.4 cm³/mol. The van der Waals surface area contributed by atoms with Gasteiger partial charge in [0, 0.05) is 12.7 Å². The molecule has 1 aromatic carbocycles. The fourth-order valence-electron chi connectivity index (χ4n) is 1.79. The van der Waals surface area contributed by atoms with E-state index in [1.54, 1.807) is 30.3 Å². The van der Waals surface area contributed by atoms with Gasteiger partial charge in [-0.05, 0) is 31.2 Å². The van der Waals surface area contributed by atoms with E-state index >= 15 is 0 Å². The molecule has 1 aromatic heterocycles. The minimum Gasteiger partial charge on any atom is -0.383 e. The number of anilines is 2. The molecule has 7 heteroatoms. The topological polar surface area (TPSA) is 94.9 Å². The van der Waals surface area contributed by atoms with E-state index in [9.17, 15) is 8.42 Å². The number of hydrogen-bond acceptors (Lipinski definition) is 5. The van der Waals surface area contributed by atoms with Gasteiger partial charge >= 0.3 is 0 Å². The maximum Gasteiger partial charge on any atom is 0.281 e. The first-order valence-electron chi connectivity index (χ1n) is 6.29. The second-order valence-electron chi connectivity index (χ2n) is 4.15. The number of para-hydroxylation sites is 1. The zero-order chi connectivity index (χ0) is 15.3. The first kappa shape index (κ1) is 14.8. The van der Waals surface area contributed by atoms with Crippen LogP contribution in [0.1, 0.15) is 12.5 Å². The van der Waals surface area contributed by atoms with Crippen molar-refractivity contribution in [3.8, 4) is 6.07 Å². The van der Waals surface area contributed by atoms with Gasteiger partial charge in [-0.2, -0.15) is 13.7 Å². The molecular weight excluding hydrogens is 288 g/mol. The van der Waals surface area contributed by atoms with Gasteiger partial charge in [0.2, 0.25) is 0 Å². The summed E-state index contributed by atoms with van der Waals surface area (Å²) in [5.41, 5.74) is 0.900. The van der Waals surface area contributed by atoms with Crippen LogP contribution in [-0.4, -0.2) is 19.9 Å². The third-order valence-electron chi connectivity index (χ3n) is 2.68. The largest absolute Gasteiger partial charge is 0.383 e. The third-order valence-corrected chi connectivity index (χ3v) is 4.01. The lowest BCUT2D eigenvalue weighted by Gasteiger charge is -2.12. The van der Waals surface area contributed by atoms with E-state index < -0.39 is 10.0 Å². The van der Waals surface area contributed by atoms with Gasteiger partial charge < -0.3 is 5.32 Å². The van der Waals surface area contributed by atoms with E-state index in [2.05, 4.69) is 15.0 Å². The van der Waals surface area contributed by atoms with Gasteiger partial charge in [-0.3, -0.25) is 4.72 Å². The Bertz CT molecular complexity index is 782. The van der Waals surface area contributed by atoms with E-state index in [1.807, 2.05) is 13.0 Å². The molecular formula is C14H14N4O2S. The lowest BCUT2D eigenvalue weighted by Crippen LogP contribution is -2.17. The molecule has 21 heavy (non-hydrogen) atoms. The summed E-state index contributed by atoms with van der Waals surface area (Å²) in [5.74, 6) is 0. The summed E-state index contributed by atoms with van der Waals surface area (Å²) in [6.45, 7) is 2.44. The highest BCUT2D eigenvalue weighted by molar-refractivity contribution is 7.92. The van der Waals surface area contributed by atoms with Crippen LogP contribution in [0.5, 0.6) is 0 Å². The molecule has 2 N–H and O–H groups in total. The average molecular weight is 302 g/mol. The third kappa shape index (κ3) is 3.30. The Morgan fingerprint density at radius 2 is 1.90 bits per heavy atom. The molecule has 108 valence electrons. The number of rotatable bonds is 5. The Hall–Kier alpha value is -2.59. The van der Waals surface area contributed by atoms with Crippen molar-refractivity contribution >= 4 is 21.4 Å². The van der Waals surface area contributed by atoms with Crippen molar-refractivity contribution in [1.82, 2.24) is 4.98 Å². The molecule has 6 nitrogen and oxygen atoms in total. The van der Waals surface area contributed by atoms with Crippen LogP contribution in [0.2, 0.25) is 0 Å². The van der Waals surface area contributed by atoms with Crippen molar-refractivity contribution in [2.75, 3.05) is 16.6 Å². The highest BCUT2D eigenvalue weighted by Crippen LogP contribution is 2.22. The van der Waals surface area contributed by atoms with E-state index in [0.29, 0.717) is 12.2 Å². The number of pyridine rings is 1. The number of benzene rings is 1. The normalized spacial score (nSPS) is 10.7. The first-order chi connectivity index (χ1) is 10.1. The fraction of sp³-hybridized carbons (Fsp3) is 0.143. The molecule has 2 rings (SSSR count). The van der Waals surface area contributed by atoms with Crippen LogP contribution in [-0.2, 0) is 10.0 Å². The number of hydrogen-bond donors (Lipinski definition) is 2. The standard InChI is InChI=1S/C14H14N4O2S/c1-2-16-13-8-5-9-17-14(13)21(19,20)18-12-7-4-3-6-11(12)10-15/h3-9,16,18H,2H2,1H3. The van der Waals surface area contributed by atoms with Crippen LogP contribution >= 0.6 is 0 Å². The van der Waals surface area contributed by atoms with Crippen LogP contribution in [0, 0.1) is 11.3 Å². The summed E-state index contributed by atoms with van der Waals surface area (Å²) in [7, 11) is -3.87. The highest BCUT2D eigenvalue weighted by Gasteiger charge is 2.21. The molecule has 0 aliphatic rings. The number of nitriles is 1. The molecule has 0 saturated carbocycles. The summed E-state index contributed by atoms with van der Waals surface area (Å²) in [5, 5.41) is 11.9. The molecule has 0 aliphatic heterocycles. The Kier molecular flexibility index (Phi) is 4.40. The minimum absolute atomic E-state index is 0.0976. The summed E-state index contributed by atoms with van der Waals surface area (Å²) in [6, 6.07) is 11.6. The Labute approximate surface area is 123 Å². The Morgan fingerprint density at radius 3 is 2.62 bits per heavy atom. The number of aromatic nitrogens is 1. The van der Waals surface area contributed by atoms with E-state index in [4.69, 9.17) is 5.26 Å². The van der Waals surface area contributed by atoms with Gasteiger partial charge in [0.05, 0.1) is 16.9 Å². The zero-order valence-corrected chi connectivity index (χ0v) is 12.2. The second kappa shape index (κ2) is 6.24. The fourth-order valence-corrected chi connectivity index (χ4v) is 2.99. The van der Waals surface area contributed by atoms with Crippen LogP contribution in [0.3, 0.4) is 0 Å². The van der Waals surface area contributed by atoms with Crippen LogP contribution in [0.15, 0.2) is 47.6 Å². The van der Waals surface area contributed by atoms with Crippen molar-refractivity contribution in [3.63, 3.8) is 0 Å². The molecule has 0 bridgehead atoms. The SMILES string of the molecule is CCNc1cccnc1S(=O)(=O)Nc1ccccc1C#N. The highest BCUT2D eigenvalue weighted by atomic mass is 32.2. The molecule has 0 aliphatic carbocycles. The van der Waals surface area contributed by atoms with Crippen molar-refractivity contribution < 1.29 is 8.42 Å². The van der Waals surface area contributed by atoms with E-state index in [1.165, 1.54) is 12.3 Å². The Balaban J connectivity index is 2.42. The lowest BCUT2D eigenvalue weighted by molar-refractivity contribution is 0.598. The Morgan fingerprint density at radius 1 is 1.19 bits per heavy atom. The van der Waals surface area contributed by atoms with Crippen molar-refractivity contribution in [1.29, 1.82) is 5.26 Å². The smallest absolute Gasteiger partial charge is 0.281 e. The molecule has 2 aromatic rings. The van der Waals surface area contributed by atoms with Gasteiger partial charge in [-0.25, -0.2) is 4.98 Å². The van der Waals surface area contributed by atoms with E-state index in [0.717, 1.165) is 0 Å². The van der Waals surface area contributed by atoms with E-state index in [-0.39, 0.29) is 16.3 Å². The minimum atomic E-state index is -3.87. The number of nitrogens with one attached hydrogen (secondary N) is 2. The van der Waals surface area contributed by atoms with Crippen molar-refractivity contribution in [2.24, 2.45) is 0 Å². The molecule has 0 amide bonds. The quantitative estimate of drug-likeness (QED) is 0.882. The predicted octanol–water partition coefficient (Wildman–Crippen LogP) is 2.19. The lowest BCUT2D eigenvalue weighted by atomic mass is 10.2. The van der Waals surface area contributed by atoms with Gasteiger partial charge in [0.15, 0.2) is 5.03 Å². The molecule has 0 atom stereocenters. The first-order valence-corrected chi connectivity index (χ1v) is 7.77. The van der Waals surface area contributed by atoms with Crippen LogP contribution in [0.4, 0.5) is 11.4 Å². The molecule has 0 saturated heterocycles. The average Bonchev–Trinajstić information content (AvgIpc) is 2.48. The van der Waals surface area contributed by atoms with Gasteiger partial charge in [-0.1, -0.05) is 12.1 Å².